The van der Waals surface area contributed by atoms with E-state index in [9.17, 15) is 9.59 Å². The van der Waals surface area contributed by atoms with E-state index in [1.807, 2.05) is 0 Å². The van der Waals surface area contributed by atoms with Crippen molar-refractivity contribution in [2.24, 2.45) is 5.92 Å². The van der Waals surface area contributed by atoms with Gasteiger partial charge in [0, 0.05) is 13.0 Å². The van der Waals surface area contributed by atoms with Crippen molar-refractivity contribution in [3.8, 4) is 0 Å². The molecule has 0 amide bonds. The maximum Gasteiger partial charge on any atom is 0.308 e. The van der Waals surface area contributed by atoms with E-state index in [1.54, 1.807) is 0 Å². The highest BCUT2D eigenvalue weighted by Gasteiger charge is 2.18. The molecule has 0 fully saturated rings. The van der Waals surface area contributed by atoms with E-state index in [1.165, 1.54) is 6.92 Å². The Morgan fingerprint density at radius 3 is 2.50 bits per heavy atom. The van der Waals surface area contributed by atoms with Crippen molar-refractivity contribution in [2.75, 3.05) is 13.1 Å². The Bertz CT molecular complexity index is 192. The molecule has 4 nitrogen and oxygen atoms in total. The average molecular weight is 201 g/mol. The van der Waals surface area contributed by atoms with E-state index >= 15 is 0 Å². The number of carboxylic acids is 1. The number of carbonyl (C=O) groups excluding carboxylic acids is 1. The van der Waals surface area contributed by atoms with Gasteiger partial charge in [0.1, 0.15) is 5.78 Å². The van der Waals surface area contributed by atoms with Crippen LogP contribution < -0.4 is 5.32 Å². The van der Waals surface area contributed by atoms with Crippen LogP contribution in [0.15, 0.2) is 0 Å². The number of Topliss-reactive ketones (excluding diaryl/α,β-unsaturated/α-hetero) is 1. The molecule has 0 aromatic carbocycles. The van der Waals surface area contributed by atoms with E-state index in [4.69, 9.17) is 5.11 Å². The standard InChI is InChI=1S/C10H19NO3/c1-3-4-5-11-7-9(10(13)14)6-8(2)12/h9,11H,3-7H2,1-2H3,(H,13,14). The van der Waals surface area contributed by atoms with Gasteiger partial charge in [0.25, 0.3) is 0 Å². The van der Waals surface area contributed by atoms with Gasteiger partial charge < -0.3 is 15.2 Å². The lowest BCUT2D eigenvalue weighted by Gasteiger charge is -2.11. The number of aliphatic carboxylic acids is 1. The van der Waals surface area contributed by atoms with Gasteiger partial charge in [0.05, 0.1) is 5.92 Å². The monoisotopic (exact) mass is 201 g/mol. The second kappa shape index (κ2) is 7.50. The minimum Gasteiger partial charge on any atom is -0.481 e. The molecule has 0 spiro atoms. The van der Waals surface area contributed by atoms with Crippen molar-refractivity contribution in [3.63, 3.8) is 0 Å². The minimum absolute atomic E-state index is 0.0744. The molecule has 4 heteroatoms. The summed E-state index contributed by atoms with van der Waals surface area (Å²) >= 11 is 0. The molecule has 0 aromatic rings. The fourth-order valence-electron chi connectivity index (χ4n) is 1.17. The van der Waals surface area contributed by atoms with Crippen LogP contribution in [0.5, 0.6) is 0 Å². The van der Waals surface area contributed by atoms with Crippen molar-refractivity contribution in [2.45, 2.75) is 33.1 Å². The quantitative estimate of drug-likeness (QED) is 0.576. The number of carboxylic acid groups (broad SMARTS) is 1. The van der Waals surface area contributed by atoms with Crippen LogP contribution in [-0.2, 0) is 9.59 Å². The number of carbonyl (C=O) groups is 2. The predicted molar refractivity (Wildman–Crippen MR) is 54.2 cm³/mol. The molecule has 1 unspecified atom stereocenters. The van der Waals surface area contributed by atoms with E-state index in [2.05, 4.69) is 12.2 Å². The van der Waals surface area contributed by atoms with Crippen LogP contribution in [0.1, 0.15) is 33.1 Å². The van der Waals surface area contributed by atoms with Crippen molar-refractivity contribution in [3.05, 3.63) is 0 Å². The molecule has 82 valence electrons. The summed E-state index contributed by atoms with van der Waals surface area (Å²) in [6, 6.07) is 0. The Balaban J connectivity index is 3.74. The molecular weight excluding hydrogens is 182 g/mol. The molecular formula is C10H19NO3. The Labute approximate surface area is 84.7 Å². The Morgan fingerprint density at radius 1 is 1.43 bits per heavy atom. The maximum absolute atomic E-state index is 10.8. The fraction of sp³-hybridized carbons (Fsp3) is 0.800. The van der Waals surface area contributed by atoms with Gasteiger partial charge in [0.2, 0.25) is 0 Å². The number of hydrogen-bond acceptors (Lipinski definition) is 3. The number of nitrogens with one attached hydrogen (secondary N) is 1. The van der Waals surface area contributed by atoms with Crippen LogP contribution in [0, 0.1) is 5.92 Å². The van der Waals surface area contributed by atoms with Crippen LogP contribution in [0.2, 0.25) is 0 Å². The number of hydrogen-bond donors (Lipinski definition) is 2. The second-order valence-corrected chi connectivity index (χ2v) is 3.50. The molecule has 0 aliphatic carbocycles. The summed E-state index contributed by atoms with van der Waals surface area (Å²) in [6.45, 7) is 4.70. The molecule has 0 saturated heterocycles. The van der Waals surface area contributed by atoms with E-state index in [0.717, 1.165) is 19.4 Å². The molecule has 0 radical (unpaired) electrons. The topological polar surface area (TPSA) is 66.4 Å². The van der Waals surface area contributed by atoms with Gasteiger partial charge >= 0.3 is 5.97 Å². The average Bonchev–Trinajstić information content (AvgIpc) is 2.09. The molecule has 2 N–H and O–H groups in total. The van der Waals surface area contributed by atoms with Crippen LogP contribution in [-0.4, -0.2) is 29.9 Å². The van der Waals surface area contributed by atoms with Crippen LogP contribution in [0.4, 0.5) is 0 Å². The predicted octanol–water partition coefficient (Wildman–Crippen LogP) is 1.06. The molecule has 14 heavy (non-hydrogen) atoms. The molecule has 0 aliphatic heterocycles. The smallest absolute Gasteiger partial charge is 0.308 e. The molecule has 0 heterocycles. The number of ketones is 1. The lowest BCUT2D eigenvalue weighted by molar-refractivity contribution is -0.143. The summed E-state index contributed by atoms with van der Waals surface area (Å²) in [5.41, 5.74) is 0. The first-order valence-corrected chi connectivity index (χ1v) is 5.00. The minimum atomic E-state index is -0.899. The zero-order chi connectivity index (χ0) is 11.0. The second-order valence-electron chi connectivity index (χ2n) is 3.50. The number of rotatable bonds is 8. The largest absolute Gasteiger partial charge is 0.481 e. The van der Waals surface area contributed by atoms with Crippen molar-refractivity contribution < 1.29 is 14.7 Å². The van der Waals surface area contributed by atoms with Crippen molar-refractivity contribution in [1.82, 2.24) is 5.32 Å². The van der Waals surface area contributed by atoms with Gasteiger partial charge in [-0.3, -0.25) is 4.79 Å². The highest BCUT2D eigenvalue weighted by atomic mass is 16.4. The van der Waals surface area contributed by atoms with Gasteiger partial charge in [0.15, 0.2) is 0 Å². The highest BCUT2D eigenvalue weighted by molar-refractivity contribution is 5.82. The van der Waals surface area contributed by atoms with E-state index in [0.29, 0.717) is 6.54 Å². The highest BCUT2D eigenvalue weighted by Crippen LogP contribution is 2.02. The lowest BCUT2D eigenvalue weighted by Crippen LogP contribution is -2.30. The van der Waals surface area contributed by atoms with Gasteiger partial charge in [-0.05, 0) is 19.9 Å². The maximum atomic E-state index is 10.8. The fourth-order valence-corrected chi connectivity index (χ4v) is 1.17. The first-order valence-electron chi connectivity index (χ1n) is 5.00. The zero-order valence-corrected chi connectivity index (χ0v) is 8.88. The molecule has 0 bridgehead atoms. The molecule has 0 saturated carbocycles. The van der Waals surface area contributed by atoms with Crippen LogP contribution >= 0.6 is 0 Å². The van der Waals surface area contributed by atoms with Gasteiger partial charge in [-0.2, -0.15) is 0 Å². The third kappa shape index (κ3) is 6.60. The van der Waals surface area contributed by atoms with Crippen LogP contribution in [0.3, 0.4) is 0 Å². The summed E-state index contributed by atoms with van der Waals surface area (Å²) in [7, 11) is 0. The first kappa shape index (κ1) is 13.1. The van der Waals surface area contributed by atoms with Crippen LogP contribution in [0.25, 0.3) is 0 Å². The first-order chi connectivity index (χ1) is 6.57. The van der Waals surface area contributed by atoms with Gasteiger partial charge in [-0.1, -0.05) is 13.3 Å². The Kier molecular flexibility index (Phi) is 7.02. The van der Waals surface area contributed by atoms with E-state index in [-0.39, 0.29) is 12.2 Å². The molecule has 0 aliphatic rings. The summed E-state index contributed by atoms with van der Waals surface area (Å²) in [4.78, 5) is 21.5. The van der Waals surface area contributed by atoms with Gasteiger partial charge in [-0.15, -0.1) is 0 Å². The summed E-state index contributed by atoms with van der Waals surface area (Å²) in [5.74, 6) is -1.55. The summed E-state index contributed by atoms with van der Waals surface area (Å²) in [5, 5.41) is 11.8. The molecule has 0 aromatic heterocycles. The third-order valence-corrected chi connectivity index (χ3v) is 1.98. The Hall–Kier alpha value is -0.900. The van der Waals surface area contributed by atoms with Gasteiger partial charge in [-0.25, -0.2) is 0 Å². The molecule has 0 rings (SSSR count). The molecule has 1 atom stereocenters. The lowest BCUT2D eigenvalue weighted by atomic mass is 10.0. The SMILES string of the molecule is CCCCNCC(CC(C)=O)C(=O)O. The normalized spacial score (nSPS) is 12.4. The van der Waals surface area contributed by atoms with E-state index < -0.39 is 11.9 Å². The van der Waals surface area contributed by atoms with Crippen molar-refractivity contribution >= 4 is 11.8 Å². The zero-order valence-electron chi connectivity index (χ0n) is 8.88. The third-order valence-electron chi connectivity index (χ3n) is 1.98. The summed E-state index contributed by atoms with van der Waals surface area (Å²) < 4.78 is 0. The Morgan fingerprint density at radius 2 is 2.07 bits per heavy atom. The summed E-state index contributed by atoms with van der Waals surface area (Å²) in [6.07, 6.45) is 2.23. The van der Waals surface area contributed by atoms with Crippen molar-refractivity contribution in [1.29, 1.82) is 0 Å². The number of unbranched alkanes of at least 4 members (excludes halogenated alkanes) is 1.